The van der Waals surface area contributed by atoms with Gasteiger partial charge in [0.25, 0.3) is 5.91 Å². The van der Waals surface area contributed by atoms with Gasteiger partial charge in [-0.1, -0.05) is 50.3 Å². The second-order valence-corrected chi connectivity index (χ2v) is 7.53. The first-order valence-corrected chi connectivity index (χ1v) is 9.66. The van der Waals surface area contributed by atoms with Gasteiger partial charge in [0, 0.05) is 24.7 Å². The summed E-state index contributed by atoms with van der Waals surface area (Å²) in [6.45, 7) is 0.906. The zero-order valence-corrected chi connectivity index (χ0v) is 15.8. The standard InChI is InChI=1S/C19H23BrFN3O/c20-18-12-17(22-23-18)19(25)24(11-10-14-6-2-1-3-7-14)13-15-8-4-5-9-16(15)21/h4-5,8-9,12,14H,1-3,6-7,10-11,13H2,(H,22,23). The fraction of sp³-hybridized carbons (Fsp3) is 0.474. The summed E-state index contributed by atoms with van der Waals surface area (Å²) < 4.78 is 14.6. The maximum absolute atomic E-state index is 14.0. The van der Waals surface area contributed by atoms with Crippen molar-refractivity contribution in [1.82, 2.24) is 15.1 Å². The fourth-order valence-electron chi connectivity index (χ4n) is 3.48. The highest BCUT2D eigenvalue weighted by Crippen LogP contribution is 2.27. The van der Waals surface area contributed by atoms with Crippen LogP contribution in [0.15, 0.2) is 34.9 Å². The molecule has 1 amide bonds. The van der Waals surface area contributed by atoms with Crippen molar-refractivity contribution in [2.45, 2.75) is 45.1 Å². The highest BCUT2D eigenvalue weighted by molar-refractivity contribution is 9.10. The number of rotatable bonds is 6. The van der Waals surface area contributed by atoms with Crippen LogP contribution in [0.25, 0.3) is 0 Å². The third-order valence-corrected chi connectivity index (χ3v) is 5.32. The second kappa shape index (κ2) is 8.61. The van der Waals surface area contributed by atoms with Crippen LogP contribution >= 0.6 is 15.9 Å². The molecule has 0 saturated heterocycles. The van der Waals surface area contributed by atoms with Crippen LogP contribution in [-0.4, -0.2) is 27.5 Å². The van der Waals surface area contributed by atoms with Crippen molar-refractivity contribution in [3.8, 4) is 0 Å². The molecule has 0 aliphatic heterocycles. The van der Waals surface area contributed by atoms with E-state index in [4.69, 9.17) is 0 Å². The largest absolute Gasteiger partial charge is 0.333 e. The van der Waals surface area contributed by atoms with E-state index in [-0.39, 0.29) is 18.3 Å². The number of hydrogen-bond acceptors (Lipinski definition) is 2. The van der Waals surface area contributed by atoms with Crippen molar-refractivity contribution in [3.05, 3.63) is 52.0 Å². The molecule has 3 rings (SSSR count). The van der Waals surface area contributed by atoms with Gasteiger partial charge in [-0.05, 0) is 34.3 Å². The first-order valence-electron chi connectivity index (χ1n) is 8.87. The van der Waals surface area contributed by atoms with Crippen molar-refractivity contribution in [3.63, 3.8) is 0 Å². The number of aromatic nitrogens is 2. The van der Waals surface area contributed by atoms with Gasteiger partial charge in [0.2, 0.25) is 0 Å². The quantitative estimate of drug-likeness (QED) is 0.737. The number of carbonyl (C=O) groups is 1. The molecule has 0 spiro atoms. The first-order chi connectivity index (χ1) is 12.1. The van der Waals surface area contributed by atoms with Crippen molar-refractivity contribution in [1.29, 1.82) is 0 Å². The molecule has 1 aliphatic carbocycles. The van der Waals surface area contributed by atoms with E-state index in [1.54, 1.807) is 29.2 Å². The highest BCUT2D eigenvalue weighted by atomic mass is 79.9. The zero-order valence-electron chi connectivity index (χ0n) is 14.2. The third kappa shape index (κ3) is 4.91. The van der Waals surface area contributed by atoms with Crippen LogP contribution < -0.4 is 0 Å². The SMILES string of the molecule is O=C(c1cc(Br)n[nH]1)N(CCC1CCCCC1)Cc1ccccc1F. The molecule has 1 saturated carbocycles. The summed E-state index contributed by atoms with van der Waals surface area (Å²) in [5, 5.41) is 6.71. The van der Waals surface area contributed by atoms with Gasteiger partial charge < -0.3 is 4.90 Å². The molecule has 25 heavy (non-hydrogen) atoms. The Hall–Kier alpha value is -1.69. The molecule has 1 fully saturated rings. The van der Waals surface area contributed by atoms with Gasteiger partial charge in [-0.15, -0.1) is 0 Å². The van der Waals surface area contributed by atoms with E-state index in [1.807, 2.05) is 0 Å². The molecule has 1 aromatic carbocycles. The molecule has 4 nitrogen and oxygen atoms in total. The molecule has 1 N–H and O–H groups in total. The Morgan fingerprint density at radius 3 is 2.72 bits per heavy atom. The third-order valence-electron chi connectivity index (χ3n) is 4.92. The van der Waals surface area contributed by atoms with Crippen LogP contribution in [0.1, 0.15) is 54.6 Å². The summed E-state index contributed by atoms with van der Waals surface area (Å²) in [6.07, 6.45) is 7.31. The van der Waals surface area contributed by atoms with Gasteiger partial charge in [0.15, 0.2) is 0 Å². The van der Waals surface area contributed by atoms with Gasteiger partial charge in [-0.25, -0.2) is 4.39 Å². The topological polar surface area (TPSA) is 49.0 Å². The van der Waals surface area contributed by atoms with E-state index >= 15 is 0 Å². The fourth-order valence-corrected chi connectivity index (χ4v) is 3.79. The predicted molar refractivity (Wildman–Crippen MR) is 98.6 cm³/mol. The number of H-pyrrole nitrogens is 1. The molecule has 6 heteroatoms. The number of aromatic amines is 1. The number of carbonyl (C=O) groups excluding carboxylic acids is 1. The number of nitrogens with one attached hydrogen (secondary N) is 1. The van der Waals surface area contributed by atoms with Crippen LogP contribution in [0.4, 0.5) is 4.39 Å². The lowest BCUT2D eigenvalue weighted by atomic mass is 9.87. The maximum Gasteiger partial charge on any atom is 0.272 e. The monoisotopic (exact) mass is 407 g/mol. The van der Waals surface area contributed by atoms with Crippen LogP contribution in [0.2, 0.25) is 0 Å². The van der Waals surface area contributed by atoms with E-state index in [0.29, 0.717) is 28.3 Å². The van der Waals surface area contributed by atoms with Gasteiger partial charge in [-0.2, -0.15) is 5.10 Å². The number of amides is 1. The minimum absolute atomic E-state index is 0.141. The lowest BCUT2D eigenvalue weighted by Crippen LogP contribution is -2.33. The summed E-state index contributed by atoms with van der Waals surface area (Å²) in [5.41, 5.74) is 0.963. The van der Waals surface area contributed by atoms with E-state index < -0.39 is 0 Å². The molecule has 0 bridgehead atoms. The Kier molecular flexibility index (Phi) is 6.24. The Labute approximate surface area is 155 Å². The minimum atomic E-state index is -0.274. The normalized spacial score (nSPS) is 15.3. The molecule has 1 aliphatic rings. The molecule has 1 aromatic heterocycles. The van der Waals surface area contributed by atoms with Crippen molar-refractivity contribution >= 4 is 21.8 Å². The smallest absolute Gasteiger partial charge is 0.272 e. The van der Waals surface area contributed by atoms with Crippen LogP contribution in [0.3, 0.4) is 0 Å². The Morgan fingerprint density at radius 1 is 1.28 bits per heavy atom. The Balaban J connectivity index is 1.72. The Bertz CT molecular complexity index is 712. The number of halogens is 2. The summed E-state index contributed by atoms with van der Waals surface area (Å²) in [6, 6.07) is 8.30. The summed E-state index contributed by atoms with van der Waals surface area (Å²) in [4.78, 5) is 14.6. The first kappa shape index (κ1) is 18.1. The van der Waals surface area contributed by atoms with Gasteiger partial charge in [-0.3, -0.25) is 9.89 Å². The number of hydrogen-bond donors (Lipinski definition) is 1. The summed E-state index contributed by atoms with van der Waals surface area (Å²) in [5.74, 6) is 0.249. The van der Waals surface area contributed by atoms with E-state index in [2.05, 4.69) is 26.1 Å². The number of nitrogens with zero attached hydrogens (tertiary/aromatic N) is 2. The lowest BCUT2D eigenvalue weighted by molar-refractivity contribution is 0.0721. The van der Waals surface area contributed by atoms with Gasteiger partial charge in [0.1, 0.15) is 16.1 Å². The van der Waals surface area contributed by atoms with Crippen LogP contribution in [0.5, 0.6) is 0 Å². The molecular formula is C19H23BrFN3O. The van der Waals surface area contributed by atoms with E-state index in [1.165, 1.54) is 38.2 Å². The van der Waals surface area contributed by atoms with Gasteiger partial charge >= 0.3 is 0 Å². The average molecular weight is 408 g/mol. The van der Waals surface area contributed by atoms with Crippen LogP contribution in [0, 0.1) is 11.7 Å². The van der Waals surface area contributed by atoms with Crippen molar-refractivity contribution < 1.29 is 9.18 Å². The summed E-state index contributed by atoms with van der Waals surface area (Å²) >= 11 is 3.26. The number of benzene rings is 1. The zero-order chi connectivity index (χ0) is 17.6. The predicted octanol–water partition coefficient (Wildman–Crippen LogP) is 4.92. The lowest BCUT2D eigenvalue weighted by Gasteiger charge is -2.27. The van der Waals surface area contributed by atoms with Crippen molar-refractivity contribution in [2.24, 2.45) is 5.92 Å². The summed E-state index contributed by atoms with van der Waals surface area (Å²) in [7, 11) is 0. The Morgan fingerprint density at radius 2 is 2.04 bits per heavy atom. The van der Waals surface area contributed by atoms with Crippen LogP contribution in [-0.2, 0) is 6.54 Å². The molecule has 1 heterocycles. The highest BCUT2D eigenvalue weighted by Gasteiger charge is 2.22. The molecular weight excluding hydrogens is 385 g/mol. The second-order valence-electron chi connectivity index (χ2n) is 6.72. The molecule has 0 atom stereocenters. The molecule has 0 unspecified atom stereocenters. The molecule has 134 valence electrons. The average Bonchev–Trinajstić information content (AvgIpc) is 3.07. The molecule has 2 aromatic rings. The maximum atomic E-state index is 14.0. The van der Waals surface area contributed by atoms with E-state index in [0.717, 1.165) is 6.42 Å². The van der Waals surface area contributed by atoms with Gasteiger partial charge in [0.05, 0.1) is 0 Å². The van der Waals surface area contributed by atoms with E-state index in [9.17, 15) is 9.18 Å². The van der Waals surface area contributed by atoms with Crippen molar-refractivity contribution in [2.75, 3.05) is 6.54 Å². The minimum Gasteiger partial charge on any atom is -0.333 e. The molecule has 0 radical (unpaired) electrons.